The van der Waals surface area contributed by atoms with Crippen molar-refractivity contribution in [2.24, 2.45) is 0 Å². The number of hydrogen-bond acceptors (Lipinski definition) is 4. The second kappa shape index (κ2) is 5.98. The van der Waals surface area contributed by atoms with E-state index in [1.807, 2.05) is 18.3 Å². The Morgan fingerprint density at radius 2 is 2.28 bits per heavy atom. The van der Waals surface area contributed by atoms with Crippen LogP contribution in [0.1, 0.15) is 28.4 Å². The molecule has 0 saturated heterocycles. The van der Waals surface area contributed by atoms with Crippen LogP contribution in [0.4, 0.5) is 0 Å². The average molecular weight is 262 g/mol. The van der Waals surface area contributed by atoms with Crippen molar-refractivity contribution in [3.05, 3.63) is 45.9 Å². The fraction of sp³-hybridized carbons (Fsp3) is 0.357. The highest BCUT2D eigenvalue weighted by atomic mass is 32.1. The van der Waals surface area contributed by atoms with Crippen LogP contribution in [0.2, 0.25) is 0 Å². The summed E-state index contributed by atoms with van der Waals surface area (Å²) in [6.45, 7) is 5.07. The Morgan fingerprint density at radius 1 is 1.44 bits per heavy atom. The number of aromatic nitrogens is 1. The van der Waals surface area contributed by atoms with Crippen molar-refractivity contribution in [3.8, 4) is 5.75 Å². The van der Waals surface area contributed by atoms with E-state index in [0.717, 1.165) is 18.5 Å². The number of phenolic OH excluding ortho intramolecular Hbond substituents is 1. The van der Waals surface area contributed by atoms with Gasteiger partial charge in [-0.15, -0.1) is 11.3 Å². The molecule has 0 aliphatic rings. The third-order valence-electron chi connectivity index (χ3n) is 2.83. The van der Waals surface area contributed by atoms with Gasteiger partial charge in [-0.25, -0.2) is 4.98 Å². The molecule has 1 aromatic carbocycles. The molecule has 0 spiro atoms. The molecule has 2 N–H and O–H groups in total. The lowest BCUT2D eigenvalue weighted by Gasteiger charge is -2.13. The van der Waals surface area contributed by atoms with Gasteiger partial charge in [-0.05, 0) is 31.5 Å². The predicted octanol–water partition coefficient (Wildman–Crippen LogP) is 3.05. The SMILES string of the molecule is Cc1cnc(CCN[C@H](C)c2cccc(O)c2)s1. The molecule has 0 saturated carbocycles. The van der Waals surface area contributed by atoms with Crippen molar-refractivity contribution in [3.63, 3.8) is 0 Å². The number of rotatable bonds is 5. The maximum absolute atomic E-state index is 9.43. The summed E-state index contributed by atoms with van der Waals surface area (Å²) >= 11 is 1.75. The van der Waals surface area contributed by atoms with E-state index in [9.17, 15) is 5.11 Å². The van der Waals surface area contributed by atoms with Gasteiger partial charge in [0.25, 0.3) is 0 Å². The number of nitrogens with zero attached hydrogens (tertiary/aromatic N) is 1. The summed E-state index contributed by atoms with van der Waals surface area (Å²) < 4.78 is 0. The first kappa shape index (κ1) is 13.1. The average Bonchev–Trinajstić information content (AvgIpc) is 2.75. The molecule has 0 fully saturated rings. The van der Waals surface area contributed by atoms with E-state index in [1.165, 1.54) is 9.88 Å². The largest absolute Gasteiger partial charge is 0.508 e. The molecule has 96 valence electrons. The first-order valence-corrected chi connectivity index (χ1v) is 6.90. The smallest absolute Gasteiger partial charge is 0.115 e. The predicted molar refractivity (Wildman–Crippen MR) is 75.1 cm³/mol. The highest BCUT2D eigenvalue weighted by molar-refractivity contribution is 7.11. The molecular weight excluding hydrogens is 244 g/mol. The van der Waals surface area contributed by atoms with Crippen LogP contribution in [0, 0.1) is 6.92 Å². The fourth-order valence-corrected chi connectivity index (χ4v) is 2.61. The van der Waals surface area contributed by atoms with Gasteiger partial charge >= 0.3 is 0 Å². The fourth-order valence-electron chi connectivity index (χ4n) is 1.82. The molecule has 2 aromatic rings. The number of thiazole rings is 1. The standard InChI is InChI=1S/C14H18N2OS/c1-10-9-16-14(18-10)6-7-15-11(2)12-4-3-5-13(17)8-12/h3-5,8-9,11,15,17H,6-7H2,1-2H3/t11-/m1/s1. The molecular formula is C14H18N2OS. The summed E-state index contributed by atoms with van der Waals surface area (Å²) in [5.74, 6) is 0.316. The zero-order chi connectivity index (χ0) is 13.0. The highest BCUT2D eigenvalue weighted by Gasteiger charge is 2.05. The number of aryl methyl sites for hydroxylation is 1. The van der Waals surface area contributed by atoms with Crippen molar-refractivity contribution >= 4 is 11.3 Å². The third-order valence-corrected chi connectivity index (χ3v) is 3.80. The van der Waals surface area contributed by atoms with E-state index in [2.05, 4.69) is 24.1 Å². The van der Waals surface area contributed by atoms with E-state index in [1.54, 1.807) is 23.5 Å². The number of aromatic hydroxyl groups is 1. The van der Waals surface area contributed by atoms with Crippen LogP contribution >= 0.6 is 11.3 Å². The van der Waals surface area contributed by atoms with Crippen molar-refractivity contribution in [1.82, 2.24) is 10.3 Å². The van der Waals surface area contributed by atoms with Gasteiger partial charge in [0.15, 0.2) is 0 Å². The van der Waals surface area contributed by atoms with Gasteiger partial charge in [-0.2, -0.15) is 0 Å². The summed E-state index contributed by atoms with van der Waals surface area (Å²) in [5.41, 5.74) is 1.10. The van der Waals surface area contributed by atoms with Crippen molar-refractivity contribution in [2.45, 2.75) is 26.3 Å². The van der Waals surface area contributed by atoms with Gasteiger partial charge in [0.05, 0.1) is 5.01 Å². The lowest BCUT2D eigenvalue weighted by molar-refractivity contribution is 0.472. The van der Waals surface area contributed by atoms with Gasteiger partial charge < -0.3 is 10.4 Å². The monoisotopic (exact) mass is 262 g/mol. The zero-order valence-corrected chi connectivity index (χ0v) is 11.5. The van der Waals surface area contributed by atoms with Crippen LogP contribution < -0.4 is 5.32 Å². The first-order valence-electron chi connectivity index (χ1n) is 6.09. The molecule has 0 unspecified atom stereocenters. The number of phenols is 1. The number of benzene rings is 1. The molecule has 0 amide bonds. The topological polar surface area (TPSA) is 45.2 Å². The lowest BCUT2D eigenvalue weighted by Crippen LogP contribution is -2.21. The molecule has 0 radical (unpaired) electrons. The zero-order valence-electron chi connectivity index (χ0n) is 10.7. The molecule has 1 aromatic heterocycles. The van der Waals surface area contributed by atoms with E-state index in [0.29, 0.717) is 5.75 Å². The number of nitrogens with one attached hydrogen (secondary N) is 1. The van der Waals surface area contributed by atoms with E-state index in [-0.39, 0.29) is 6.04 Å². The van der Waals surface area contributed by atoms with Crippen molar-refractivity contribution in [2.75, 3.05) is 6.54 Å². The van der Waals surface area contributed by atoms with Gasteiger partial charge in [0, 0.05) is 30.1 Å². The molecule has 0 bridgehead atoms. The minimum absolute atomic E-state index is 0.234. The molecule has 18 heavy (non-hydrogen) atoms. The second-order valence-corrected chi connectivity index (χ2v) is 5.70. The van der Waals surface area contributed by atoms with Gasteiger partial charge in [-0.3, -0.25) is 0 Å². The van der Waals surface area contributed by atoms with E-state index < -0.39 is 0 Å². The summed E-state index contributed by atoms with van der Waals surface area (Å²) in [6, 6.07) is 7.61. The van der Waals surface area contributed by atoms with Crippen molar-refractivity contribution in [1.29, 1.82) is 0 Å². The summed E-state index contributed by atoms with van der Waals surface area (Å²) in [6.07, 6.45) is 2.86. The van der Waals surface area contributed by atoms with E-state index in [4.69, 9.17) is 0 Å². The van der Waals surface area contributed by atoms with Gasteiger partial charge in [-0.1, -0.05) is 12.1 Å². The minimum Gasteiger partial charge on any atom is -0.508 e. The van der Waals surface area contributed by atoms with Crippen LogP contribution in [0.25, 0.3) is 0 Å². The molecule has 4 heteroatoms. The maximum atomic E-state index is 9.43. The van der Waals surface area contributed by atoms with Gasteiger partial charge in [0.2, 0.25) is 0 Å². The number of hydrogen-bond donors (Lipinski definition) is 2. The molecule has 1 heterocycles. The van der Waals surface area contributed by atoms with E-state index >= 15 is 0 Å². The molecule has 0 aliphatic heterocycles. The third kappa shape index (κ3) is 3.55. The highest BCUT2D eigenvalue weighted by Crippen LogP contribution is 2.18. The van der Waals surface area contributed by atoms with Crippen LogP contribution in [0.3, 0.4) is 0 Å². The van der Waals surface area contributed by atoms with Crippen LogP contribution in [-0.2, 0) is 6.42 Å². The van der Waals surface area contributed by atoms with Crippen molar-refractivity contribution < 1.29 is 5.11 Å². The Morgan fingerprint density at radius 3 is 2.94 bits per heavy atom. The lowest BCUT2D eigenvalue weighted by atomic mass is 10.1. The Bertz CT molecular complexity index is 510. The quantitative estimate of drug-likeness (QED) is 0.870. The summed E-state index contributed by atoms with van der Waals surface area (Å²) in [5, 5.41) is 14.0. The Balaban J connectivity index is 1.83. The van der Waals surface area contributed by atoms with Crippen LogP contribution in [0.5, 0.6) is 5.75 Å². The van der Waals surface area contributed by atoms with Crippen LogP contribution in [-0.4, -0.2) is 16.6 Å². The normalized spacial score (nSPS) is 12.6. The summed E-state index contributed by atoms with van der Waals surface area (Å²) in [7, 11) is 0. The summed E-state index contributed by atoms with van der Waals surface area (Å²) in [4.78, 5) is 5.59. The van der Waals surface area contributed by atoms with Crippen LogP contribution in [0.15, 0.2) is 30.5 Å². The molecule has 1 atom stereocenters. The van der Waals surface area contributed by atoms with Gasteiger partial charge in [0.1, 0.15) is 5.75 Å². The second-order valence-electron chi connectivity index (χ2n) is 4.39. The first-order chi connectivity index (χ1) is 8.65. The Hall–Kier alpha value is -1.39. The minimum atomic E-state index is 0.234. The maximum Gasteiger partial charge on any atom is 0.115 e. The Kier molecular flexibility index (Phi) is 4.33. The molecule has 2 rings (SSSR count). The molecule has 0 aliphatic carbocycles. The molecule has 3 nitrogen and oxygen atoms in total. The Labute approximate surface area is 112 Å².